The van der Waals surface area contributed by atoms with E-state index >= 15 is 4.39 Å². The van der Waals surface area contributed by atoms with Crippen LogP contribution in [0.5, 0.6) is 0 Å². The first-order valence-electron chi connectivity index (χ1n) is 11.3. The van der Waals surface area contributed by atoms with Gasteiger partial charge in [0.25, 0.3) is 5.56 Å². The van der Waals surface area contributed by atoms with Gasteiger partial charge in [-0.05, 0) is 29.3 Å². The molecule has 35 heavy (non-hydrogen) atoms. The summed E-state index contributed by atoms with van der Waals surface area (Å²) in [5, 5.41) is 1.14. The molecule has 0 unspecified atom stereocenters. The first-order chi connectivity index (χ1) is 17.2. The van der Waals surface area contributed by atoms with E-state index in [4.69, 9.17) is 4.98 Å². The first kappa shape index (κ1) is 21.4. The third-order valence-electron chi connectivity index (χ3n) is 6.02. The van der Waals surface area contributed by atoms with Gasteiger partial charge < -0.3 is 4.98 Å². The monoisotopic (exact) mass is 477 g/mol. The van der Waals surface area contributed by atoms with Gasteiger partial charge in [0.15, 0.2) is 5.16 Å². The molecule has 170 valence electrons. The van der Waals surface area contributed by atoms with Crippen LogP contribution < -0.4 is 5.56 Å². The van der Waals surface area contributed by atoms with E-state index in [0.717, 1.165) is 22.0 Å². The SMILES string of the molecule is O=c1c2[nH]c3ccccc3c2nc(SC(c2ccccc2)c2ccccc2)n1-c1ccccc1F. The molecular weight excluding hydrogens is 457 g/mol. The van der Waals surface area contributed by atoms with Crippen molar-refractivity contribution >= 4 is 33.7 Å². The maximum absolute atomic E-state index is 15.0. The number of rotatable bonds is 5. The van der Waals surface area contributed by atoms with Crippen LogP contribution in [0.3, 0.4) is 0 Å². The van der Waals surface area contributed by atoms with Crippen LogP contribution in [-0.2, 0) is 0 Å². The van der Waals surface area contributed by atoms with Crippen LogP contribution in [0.2, 0.25) is 0 Å². The largest absolute Gasteiger partial charge is 0.349 e. The standard InChI is InChI=1S/C29H20FN3OS/c30-22-16-8-10-18-24(22)33-28(34)26-25(21-15-7-9-17-23(21)31-26)32-29(33)35-27(19-11-3-1-4-12-19)20-13-5-2-6-14-20/h1-18,27,31H. The van der Waals surface area contributed by atoms with E-state index in [9.17, 15) is 4.79 Å². The van der Waals surface area contributed by atoms with E-state index in [0.29, 0.717) is 16.2 Å². The second-order valence-corrected chi connectivity index (χ2v) is 9.27. The van der Waals surface area contributed by atoms with Crippen LogP contribution >= 0.6 is 11.8 Å². The van der Waals surface area contributed by atoms with E-state index in [1.165, 1.54) is 22.4 Å². The molecule has 0 aliphatic carbocycles. The summed E-state index contributed by atoms with van der Waals surface area (Å²) in [4.78, 5) is 22.0. The van der Waals surface area contributed by atoms with Gasteiger partial charge >= 0.3 is 0 Å². The maximum Gasteiger partial charge on any atom is 0.283 e. The Morgan fingerprint density at radius 2 is 1.37 bits per heavy atom. The van der Waals surface area contributed by atoms with Crippen molar-refractivity contribution in [3.63, 3.8) is 0 Å². The van der Waals surface area contributed by atoms with Crippen LogP contribution in [0.25, 0.3) is 27.6 Å². The van der Waals surface area contributed by atoms with Gasteiger partial charge in [0, 0.05) is 10.9 Å². The molecule has 0 amide bonds. The Labute approximate surface area is 205 Å². The lowest BCUT2D eigenvalue weighted by Crippen LogP contribution is -2.23. The number of para-hydroxylation sites is 2. The minimum Gasteiger partial charge on any atom is -0.349 e. The number of H-pyrrole nitrogens is 1. The van der Waals surface area contributed by atoms with Crippen molar-refractivity contribution in [1.29, 1.82) is 0 Å². The third kappa shape index (κ3) is 3.82. The highest BCUT2D eigenvalue weighted by Crippen LogP contribution is 2.40. The summed E-state index contributed by atoms with van der Waals surface area (Å²) in [6, 6.07) is 34.1. The molecular formula is C29H20FN3OS. The Morgan fingerprint density at radius 3 is 2.06 bits per heavy atom. The number of halogens is 1. The van der Waals surface area contributed by atoms with Gasteiger partial charge in [0.1, 0.15) is 16.9 Å². The molecule has 6 aromatic rings. The van der Waals surface area contributed by atoms with Crippen LogP contribution in [0.1, 0.15) is 16.4 Å². The molecule has 0 saturated carbocycles. The second kappa shape index (κ2) is 8.89. The highest BCUT2D eigenvalue weighted by atomic mass is 32.2. The van der Waals surface area contributed by atoms with Gasteiger partial charge in [0.05, 0.1) is 10.9 Å². The molecule has 0 aliphatic heterocycles. The fraction of sp³-hybridized carbons (Fsp3) is 0.0345. The van der Waals surface area contributed by atoms with Gasteiger partial charge in [0.2, 0.25) is 0 Å². The molecule has 6 rings (SSSR count). The lowest BCUT2D eigenvalue weighted by atomic mass is 10.0. The Bertz CT molecular complexity index is 1670. The number of nitrogens with zero attached hydrogens (tertiary/aromatic N) is 2. The van der Waals surface area contributed by atoms with Crippen molar-refractivity contribution in [2.45, 2.75) is 10.4 Å². The molecule has 0 atom stereocenters. The minimum atomic E-state index is -0.482. The zero-order chi connectivity index (χ0) is 23.8. The van der Waals surface area contributed by atoms with E-state index in [2.05, 4.69) is 29.2 Å². The molecule has 0 saturated heterocycles. The van der Waals surface area contributed by atoms with Gasteiger partial charge in [-0.25, -0.2) is 9.37 Å². The molecule has 4 aromatic carbocycles. The molecule has 0 radical (unpaired) electrons. The molecule has 0 bridgehead atoms. The average molecular weight is 478 g/mol. The minimum absolute atomic E-state index is 0.148. The molecule has 2 heterocycles. The molecule has 4 nitrogen and oxygen atoms in total. The highest BCUT2D eigenvalue weighted by Gasteiger charge is 2.23. The summed E-state index contributed by atoms with van der Waals surface area (Å²) in [5.41, 5.74) is 3.73. The summed E-state index contributed by atoms with van der Waals surface area (Å²) >= 11 is 1.44. The summed E-state index contributed by atoms with van der Waals surface area (Å²) in [5.74, 6) is -0.482. The zero-order valence-electron chi connectivity index (χ0n) is 18.6. The third-order valence-corrected chi connectivity index (χ3v) is 7.28. The second-order valence-electron chi connectivity index (χ2n) is 8.20. The van der Waals surface area contributed by atoms with E-state index < -0.39 is 5.82 Å². The maximum atomic E-state index is 15.0. The number of aromatic nitrogens is 3. The van der Waals surface area contributed by atoms with Crippen LogP contribution in [-0.4, -0.2) is 14.5 Å². The predicted octanol–water partition coefficient (Wildman–Crippen LogP) is 6.89. The number of hydrogen-bond acceptors (Lipinski definition) is 3. The zero-order valence-corrected chi connectivity index (χ0v) is 19.4. The van der Waals surface area contributed by atoms with Gasteiger partial charge in [-0.1, -0.05) is 103 Å². The Balaban J connectivity index is 1.64. The number of hydrogen-bond donors (Lipinski definition) is 1. The Kier molecular flexibility index (Phi) is 5.43. The quantitative estimate of drug-likeness (QED) is 0.217. The number of thioether (sulfide) groups is 1. The van der Waals surface area contributed by atoms with E-state index in [1.807, 2.05) is 60.7 Å². The summed E-state index contributed by atoms with van der Waals surface area (Å²) in [6.45, 7) is 0. The number of benzene rings is 4. The normalized spacial score (nSPS) is 11.5. The topological polar surface area (TPSA) is 50.7 Å². The molecule has 6 heteroatoms. The first-order valence-corrected chi connectivity index (χ1v) is 12.1. The number of aromatic amines is 1. The Hall–Kier alpha value is -4.16. The van der Waals surface area contributed by atoms with Crippen molar-refractivity contribution in [2.75, 3.05) is 0 Å². The fourth-order valence-corrected chi connectivity index (χ4v) is 5.58. The van der Waals surface area contributed by atoms with Gasteiger partial charge in [-0.15, -0.1) is 0 Å². The van der Waals surface area contributed by atoms with Crippen molar-refractivity contribution in [3.05, 3.63) is 136 Å². The number of nitrogens with one attached hydrogen (secondary N) is 1. The smallest absolute Gasteiger partial charge is 0.283 e. The number of fused-ring (bicyclic) bond motifs is 3. The lowest BCUT2D eigenvalue weighted by Gasteiger charge is -2.20. The highest BCUT2D eigenvalue weighted by molar-refractivity contribution is 7.99. The molecule has 1 N–H and O–H groups in total. The average Bonchev–Trinajstić information content (AvgIpc) is 3.28. The fourth-order valence-electron chi connectivity index (χ4n) is 4.36. The van der Waals surface area contributed by atoms with Crippen molar-refractivity contribution in [3.8, 4) is 5.69 Å². The van der Waals surface area contributed by atoms with E-state index in [1.54, 1.807) is 18.2 Å². The molecule has 2 aromatic heterocycles. The molecule has 0 spiro atoms. The van der Waals surface area contributed by atoms with Crippen LogP contribution in [0.4, 0.5) is 4.39 Å². The Morgan fingerprint density at radius 1 is 0.771 bits per heavy atom. The summed E-state index contributed by atoms with van der Waals surface area (Å²) in [6.07, 6.45) is 0. The molecule has 0 fully saturated rings. The van der Waals surface area contributed by atoms with Crippen molar-refractivity contribution in [1.82, 2.24) is 14.5 Å². The van der Waals surface area contributed by atoms with E-state index in [-0.39, 0.29) is 16.5 Å². The lowest BCUT2D eigenvalue weighted by molar-refractivity contribution is 0.608. The summed E-state index contributed by atoms with van der Waals surface area (Å²) in [7, 11) is 0. The predicted molar refractivity (Wildman–Crippen MR) is 140 cm³/mol. The van der Waals surface area contributed by atoms with Gasteiger partial charge in [-0.2, -0.15) is 0 Å². The van der Waals surface area contributed by atoms with Crippen LogP contribution in [0, 0.1) is 5.82 Å². The molecule has 0 aliphatic rings. The van der Waals surface area contributed by atoms with Crippen molar-refractivity contribution < 1.29 is 4.39 Å². The van der Waals surface area contributed by atoms with Crippen molar-refractivity contribution in [2.24, 2.45) is 0 Å². The van der Waals surface area contributed by atoms with Crippen LogP contribution in [0.15, 0.2) is 119 Å². The summed E-state index contributed by atoms with van der Waals surface area (Å²) < 4.78 is 16.4. The van der Waals surface area contributed by atoms with Gasteiger partial charge in [-0.3, -0.25) is 9.36 Å².